The number of aromatic nitrogens is 4. The number of benzene rings is 1. The third-order valence-electron chi connectivity index (χ3n) is 8.54. The molecule has 204 valence electrons. The number of pyridine rings is 1. The number of carbonyl (C=O) groups excluding carboxylic acids is 2. The zero-order valence-electron chi connectivity index (χ0n) is 22.3. The Morgan fingerprint density at radius 2 is 1.90 bits per heavy atom. The molecule has 0 radical (unpaired) electrons. The van der Waals surface area contributed by atoms with Crippen LogP contribution in [0.1, 0.15) is 29.9 Å². The van der Waals surface area contributed by atoms with E-state index in [0.717, 1.165) is 5.69 Å². The number of carbonyl (C=O) groups is 2. The van der Waals surface area contributed by atoms with Gasteiger partial charge in [0.15, 0.2) is 0 Å². The van der Waals surface area contributed by atoms with Crippen LogP contribution in [-0.4, -0.2) is 61.8 Å². The van der Waals surface area contributed by atoms with E-state index in [1.54, 1.807) is 61.4 Å². The second kappa shape index (κ2) is 8.44. The fraction of sp³-hybridized carbons (Fsp3) is 0.345. The normalized spacial score (nSPS) is 24.0. The predicted octanol–water partition coefficient (Wildman–Crippen LogP) is 4.10. The maximum absolute atomic E-state index is 13.6. The number of ether oxygens (including phenoxy) is 2. The van der Waals surface area contributed by atoms with E-state index in [4.69, 9.17) is 14.5 Å². The Morgan fingerprint density at radius 3 is 2.58 bits per heavy atom. The topological polar surface area (TPSA) is 99.4 Å². The molecule has 0 spiro atoms. The number of methoxy groups -OCH3 is 1. The van der Waals surface area contributed by atoms with Crippen molar-refractivity contribution < 1.29 is 23.5 Å². The lowest BCUT2D eigenvalue weighted by atomic mass is 9.84. The predicted molar refractivity (Wildman–Crippen MR) is 144 cm³/mol. The summed E-state index contributed by atoms with van der Waals surface area (Å²) < 4.78 is 26.8. The third-order valence-corrected chi connectivity index (χ3v) is 9.13. The fourth-order valence-electron chi connectivity index (χ4n) is 6.15. The van der Waals surface area contributed by atoms with Gasteiger partial charge in [0, 0.05) is 42.4 Å². The first-order chi connectivity index (χ1) is 19.1. The van der Waals surface area contributed by atoms with Crippen molar-refractivity contribution in [3.8, 4) is 28.5 Å². The van der Waals surface area contributed by atoms with Crippen LogP contribution >= 0.6 is 11.3 Å². The van der Waals surface area contributed by atoms with Gasteiger partial charge >= 0.3 is 5.97 Å². The van der Waals surface area contributed by atoms with Crippen molar-refractivity contribution in [3.63, 3.8) is 0 Å². The number of nitrogens with zero attached hydrogens (tertiary/aromatic N) is 5. The van der Waals surface area contributed by atoms with E-state index in [0.29, 0.717) is 40.6 Å². The van der Waals surface area contributed by atoms with Crippen LogP contribution in [-0.2, 0) is 22.0 Å². The summed E-state index contributed by atoms with van der Waals surface area (Å²) in [5, 5.41) is 6.39. The third kappa shape index (κ3) is 3.53. The highest BCUT2D eigenvalue weighted by atomic mass is 32.1. The Balaban J connectivity index is 1.17. The Morgan fingerprint density at radius 1 is 1.12 bits per heavy atom. The molecule has 40 heavy (non-hydrogen) atoms. The van der Waals surface area contributed by atoms with Crippen molar-refractivity contribution >= 4 is 23.2 Å². The molecule has 2 aliphatic heterocycles. The van der Waals surface area contributed by atoms with Crippen LogP contribution in [0.2, 0.25) is 0 Å². The van der Waals surface area contributed by atoms with Gasteiger partial charge in [0.25, 0.3) is 5.91 Å². The molecule has 5 heterocycles. The molecule has 1 unspecified atom stereocenters. The summed E-state index contributed by atoms with van der Waals surface area (Å²) >= 11 is 1.48. The number of aryl methyl sites for hydroxylation is 1. The number of rotatable bonds is 7. The number of thiazole rings is 1. The second-order valence-corrected chi connectivity index (χ2v) is 11.8. The molecule has 4 fully saturated rings. The highest BCUT2D eigenvalue weighted by Crippen LogP contribution is 2.80. The molecule has 4 aromatic rings. The van der Waals surface area contributed by atoms with E-state index >= 15 is 0 Å². The number of halogens is 1. The van der Waals surface area contributed by atoms with Gasteiger partial charge in [-0.1, -0.05) is 0 Å². The smallest absolute Gasteiger partial charge is 0.315 e. The van der Waals surface area contributed by atoms with Crippen LogP contribution in [0.15, 0.2) is 53.4 Å². The molecular weight excluding hydrogens is 533 g/mol. The summed E-state index contributed by atoms with van der Waals surface area (Å²) in [5.74, 6) is 0.00469. The summed E-state index contributed by atoms with van der Waals surface area (Å²) in [7, 11) is 3.12. The monoisotopic (exact) mass is 559 g/mol. The van der Waals surface area contributed by atoms with E-state index in [1.807, 2.05) is 10.3 Å². The Hall–Kier alpha value is -4.12. The summed E-state index contributed by atoms with van der Waals surface area (Å²) in [6, 6.07) is 11.3. The standard InChI is InChI=1S/C29H26FN5O4S/c1-28(2,27(37)38-4)16-9-19(15-5-7-17(30)8-6-15)32-23(10-16)39-29-18-12-35(25(29)24(18)29)26(36)22-11-20(33-34(22)3)21-13-40-14-31-21/h5-11,13-14,18,24-25H,12H2,1-4H3/t18-,24-,25?,29-/m1/s1. The van der Waals surface area contributed by atoms with Crippen LogP contribution in [0, 0.1) is 17.7 Å². The van der Waals surface area contributed by atoms with Gasteiger partial charge < -0.3 is 14.4 Å². The molecule has 2 aliphatic carbocycles. The molecule has 1 amide bonds. The summed E-state index contributed by atoms with van der Waals surface area (Å²) in [6.07, 6.45) is 0. The van der Waals surface area contributed by atoms with Crippen LogP contribution in [0.4, 0.5) is 4.39 Å². The first kappa shape index (κ1) is 24.9. The molecular formula is C29H26FN5O4S. The summed E-state index contributed by atoms with van der Waals surface area (Å²) in [6.45, 7) is 4.16. The zero-order chi connectivity index (χ0) is 28.0. The van der Waals surface area contributed by atoms with Crippen molar-refractivity contribution in [2.45, 2.75) is 30.9 Å². The lowest BCUT2D eigenvalue weighted by Crippen LogP contribution is -2.33. The molecule has 9 nitrogen and oxygen atoms in total. The van der Waals surface area contributed by atoms with Gasteiger partial charge in [0.05, 0.1) is 29.8 Å². The average molecular weight is 560 g/mol. The minimum Gasteiger partial charge on any atom is -0.468 e. The van der Waals surface area contributed by atoms with Crippen LogP contribution in [0.25, 0.3) is 22.6 Å². The number of amides is 1. The molecule has 1 aromatic carbocycles. The SMILES string of the molecule is COC(=O)C(C)(C)c1cc(O[C@@]23C4[C@H]2[C@H]3CN4C(=O)c2cc(-c3cscn3)nn2C)nc(-c2ccc(F)cc2)c1. The molecule has 2 bridgehead atoms. The van der Waals surface area contributed by atoms with Crippen LogP contribution < -0.4 is 4.74 Å². The Bertz CT molecular complexity index is 1660. The van der Waals surface area contributed by atoms with E-state index in [9.17, 15) is 14.0 Å². The lowest BCUT2D eigenvalue weighted by molar-refractivity contribution is -0.146. The van der Waals surface area contributed by atoms with Gasteiger partial charge in [0.2, 0.25) is 5.88 Å². The maximum atomic E-state index is 13.6. The lowest BCUT2D eigenvalue weighted by Gasteiger charge is -2.24. The summed E-state index contributed by atoms with van der Waals surface area (Å²) in [5.41, 5.74) is 4.13. The largest absolute Gasteiger partial charge is 0.468 e. The van der Waals surface area contributed by atoms with E-state index in [2.05, 4.69) is 10.1 Å². The molecule has 4 aliphatic rings. The van der Waals surface area contributed by atoms with Crippen LogP contribution in [0.3, 0.4) is 0 Å². The molecule has 2 saturated carbocycles. The van der Waals surface area contributed by atoms with Gasteiger partial charge in [-0.15, -0.1) is 11.3 Å². The van der Waals surface area contributed by atoms with Crippen LogP contribution in [0.5, 0.6) is 5.88 Å². The van der Waals surface area contributed by atoms with E-state index in [1.165, 1.54) is 30.6 Å². The second-order valence-electron chi connectivity index (χ2n) is 11.1. The number of esters is 1. The molecule has 3 aromatic heterocycles. The minimum atomic E-state index is -0.968. The molecule has 4 atom stereocenters. The van der Waals surface area contributed by atoms with Crippen molar-refractivity contribution in [2.75, 3.05) is 13.7 Å². The maximum Gasteiger partial charge on any atom is 0.315 e. The molecule has 8 rings (SSSR count). The Kier molecular flexibility index (Phi) is 5.25. The molecule has 2 saturated heterocycles. The van der Waals surface area contributed by atoms with Gasteiger partial charge in [-0.25, -0.2) is 14.4 Å². The number of fused-ring (bicyclic) bond motifs is 1. The number of piperidine rings is 1. The van der Waals surface area contributed by atoms with Crippen molar-refractivity contribution in [3.05, 3.63) is 70.4 Å². The minimum absolute atomic E-state index is 0.0454. The fourth-order valence-corrected chi connectivity index (χ4v) is 6.70. The highest BCUT2D eigenvalue weighted by molar-refractivity contribution is 7.07. The molecule has 0 N–H and O–H groups in total. The van der Waals surface area contributed by atoms with Crippen molar-refractivity contribution in [1.29, 1.82) is 0 Å². The van der Waals surface area contributed by atoms with Crippen molar-refractivity contribution in [2.24, 2.45) is 18.9 Å². The first-order valence-electron chi connectivity index (χ1n) is 12.9. The van der Waals surface area contributed by atoms with E-state index < -0.39 is 17.0 Å². The van der Waals surface area contributed by atoms with E-state index in [-0.39, 0.29) is 29.6 Å². The number of hydrogen-bond donors (Lipinski definition) is 0. The average Bonchev–Trinajstić information content (AvgIpc) is 3.40. The van der Waals surface area contributed by atoms with Gasteiger partial charge in [-0.05, 0) is 55.8 Å². The quantitative estimate of drug-likeness (QED) is 0.315. The zero-order valence-corrected chi connectivity index (χ0v) is 23.1. The van der Waals surface area contributed by atoms with Gasteiger partial charge in [0.1, 0.15) is 28.5 Å². The highest BCUT2D eigenvalue weighted by Gasteiger charge is 2.96. The Labute approximate surface area is 233 Å². The number of hydrogen-bond acceptors (Lipinski definition) is 8. The molecule has 11 heteroatoms. The first-order valence-corrected chi connectivity index (χ1v) is 13.9. The van der Waals surface area contributed by atoms with Gasteiger partial charge in [-0.2, -0.15) is 5.10 Å². The summed E-state index contributed by atoms with van der Waals surface area (Å²) in [4.78, 5) is 37.1. The van der Waals surface area contributed by atoms with Gasteiger partial charge in [-0.3, -0.25) is 14.3 Å². The van der Waals surface area contributed by atoms with Crippen molar-refractivity contribution in [1.82, 2.24) is 24.6 Å².